The third-order valence-electron chi connectivity index (χ3n) is 6.41. The van der Waals surface area contributed by atoms with Gasteiger partial charge in [-0.2, -0.15) is 0 Å². The van der Waals surface area contributed by atoms with Crippen molar-refractivity contribution in [2.45, 2.75) is 32.0 Å². The number of hydrogen-bond donors (Lipinski definition) is 0. The van der Waals surface area contributed by atoms with E-state index in [4.69, 9.17) is 9.57 Å². The summed E-state index contributed by atoms with van der Waals surface area (Å²) in [5.41, 5.74) is 4.67. The highest BCUT2D eigenvalue weighted by Gasteiger charge is 2.39. The Bertz CT molecular complexity index is 1400. The van der Waals surface area contributed by atoms with E-state index in [-0.39, 0.29) is 6.10 Å². The lowest BCUT2D eigenvalue weighted by molar-refractivity contribution is -0.138. The molecular formula is C28H22N2O4. The highest BCUT2D eigenvalue weighted by molar-refractivity contribution is 6.20. The van der Waals surface area contributed by atoms with Crippen LogP contribution in [0.1, 0.15) is 56.5 Å². The maximum Gasteiger partial charge on any atom is 0.285 e. The summed E-state index contributed by atoms with van der Waals surface area (Å²) in [6, 6.07) is 24.7. The minimum atomic E-state index is -0.407. The van der Waals surface area contributed by atoms with Gasteiger partial charge < -0.3 is 4.74 Å². The lowest BCUT2D eigenvalue weighted by Crippen LogP contribution is -2.32. The Morgan fingerprint density at radius 3 is 2.47 bits per heavy atom. The summed E-state index contributed by atoms with van der Waals surface area (Å²) in [4.78, 5) is 36.0. The summed E-state index contributed by atoms with van der Waals surface area (Å²) in [7, 11) is 0. The molecule has 1 aliphatic carbocycles. The van der Waals surface area contributed by atoms with Crippen LogP contribution in [0.4, 0.5) is 0 Å². The molecule has 0 bridgehead atoms. The average Bonchev–Trinajstić information content (AvgIpc) is 3.12. The number of aromatic nitrogens is 1. The number of carbonyl (C=O) groups excluding carboxylic acids is 2. The highest BCUT2D eigenvalue weighted by atomic mass is 16.7. The van der Waals surface area contributed by atoms with Crippen LogP contribution in [0.2, 0.25) is 0 Å². The largest absolute Gasteiger partial charge is 0.487 e. The molecule has 0 saturated heterocycles. The zero-order valence-corrected chi connectivity index (χ0v) is 18.4. The minimum absolute atomic E-state index is 0.359. The minimum Gasteiger partial charge on any atom is -0.487 e. The molecule has 1 aliphatic heterocycles. The Morgan fingerprint density at radius 2 is 1.65 bits per heavy atom. The van der Waals surface area contributed by atoms with Crippen LogP contribution in [0.25, 0.3) is 10.9 Å². The van der Waals surface area contributed by atoms with Crippen LogP contribution in [0.3, 0.4) is 0 Å². The molecule has 6 rings (SSSR count). The van der Waals surface area contributed by atoms with Crippen LogP contribution in [-0.4, -0.2) is 21.9 Å². The first-order chi connectivity index (χ1) is 16.7. The number of nitrogens with zero attached hydrogens (tertiary/aromatic N) is 2. The maximum atomic E-state index is 12.7. The van der Waals surface area contributed by atoms with E-state index in [9.17, 15) is 9.59 Å². The van der Waals surface area contributed by atoms with Gasteiger partial charge in [-0.05, 0) is 66.8 Å². The first-order valence-corrected chi connectivity index (χ1v) is 11.4. The van der Waals surface area contributed by atoms with E-state index in [0.717, 1.165) is 57.8 Å². The van der Waals surface area contributed by atoms with Gasteiger partial charge in [0, 0.05) is 5.39 Å². The number of carbonyl (C=O) groups is 2. The van der Waals surface area contributed by atoms with Gasteiger partial charge in [-0.25, -0.2) is 4.98 Å². The number of aryl methyl sites for hydroxylation is 1. The molecule has 1 atom stereocenters. The zero-order chi connectivity index (χ0) is 23.1. The van der Waals surface area contributed by atoms with Crippen molar-refractivity contribution < 1.29 is 19.2 Å². The second kappa shape index (κ2) is 8.39. The van der Waals surface area contributed by atoms with Crippen molar-refractivity contribution in [3.05, 3.63) is 107 Å². The van der Waals surface area contributed by atoms with Crippen molar-refractivity contribution in [3.63, 3.8) is 0 Å². The van der Waals surface area contributed by atoms with Crippen LogP contribution < -0.4 is 4.74 Å². The monoisotopic (exact) mass is 450 g/mol. The molecule has 0 radical (unpaired) electrons. The third-order valence-corrected chi connectivity index (χ3v) is 6.41. The van der Waals surface area contributed by atoms with Gasteiger partial charge in [-0.15, -0.1) is 5.06 Å². The number of pyridine rings is 1. The fourth-order valence-corrected chi connectivity index (χ4v) is 4.68. The Hall–Kier alpha value is -4.03. The second-order valence-corrected chi connectivity index (χ2v) is 8.58. The van der Waals surface area contributed by atoms with Crippen molar-refractivity contribution in [2.75, 3.05) is 0 Å². The quantitative estimate of drug-likeness (QED) is 0.380. The third kappa shape index (κ3) is 3.62. The van der Waals surface area contributed by atoms with Crippen molar-refractivity contribution in [2.24, 2.45) is 0 Å². The number of para-hydroxylation sites is 1. The average molecular weight is 450 g/mol. The van der Waals surface area contributed by atoms with Crippen molar-refractivity contribution in [1.82, 2.24) is 10.0 Å². The van der Waals surface area contributed by atoms with E-state index in [1.807, 2.05) is 48.5 Å². The molecule has 0 N–H and O–H groups in total. The summed E-state index contributed by atoms with van der Waals surface area (Å²) >= 11 is 0. The fraction of sp³-hybridized carbons (Fsp3) is 0.179. The molecule has 4 aromatic rings. The predicted octanol–water partition coefficient (Wildman–Crippen LogP) is 5.42. The van der Waals surface area contributed by atoms with E-state index < -0.39 is 11.8 Å². The highest BCUT2D eigenvalue weighted by Crippen LogP contribution is 2.37. The molecule has 6 heteroatoms. The second-order valence-electron chi connectivity index (χ2n) is 8.58. The van der Waals surface area contributed by atoms with Gasteiger partial charge in [0.15, 0.2) is 0 Å². The molecule has 34 heavy (non-hydrogen) atoms. The molecule has 0 saturated carbocycles. The number of rotatable bonds is 5. The molecule has 2 heterocycles. The number of fused-ring (bicyclic) bond motifs is 3. The van der Waals surface area contributed by atoms with E-state index in [1.165, 1.54) is 0 Å². The van der Waals surface area contributed by atoms with E-state index in [1.54, 1.807) is 24.3 Å². The first kappa shape index (κ1) is 20.6. The topological polar surface area (TPSA) is 68.7 Å². The van der Waals surface area contributed by atoms with Crippen LogP contribution in [0.15, 0.2) is 78.9 Å². The van der Waals surface area contributed by atoms with Gasteiger partial charge in [0.05, 0.1) is 22.3 Å². The number of imide groups is 1. The van der Waals surface area contributed by atoms with Gasteiger partial charge in [0.1, 0.15) is 18.5 Å². The lowest BCUT2D eigenvalue weighted by Gasteiger charge is -2.28. The first-order valence-electron chi connectivity index (χ1n) is 11.4. The van der Waals surface area contributed by atoms with Gasteiger partial charge in [0.25, 0.3) is 11.8 Å². The van der Waals surface area contributed by atoms with Crippen molar-refractivity contribution in [1.29, 1.82) is 0 Å². The summed E-state index contributed by atoms with van der Waals surface area (Å²) in [5, 5.41) is 2.02. The number of hydroxylamine groups is 2. The Balaban J connectivity index is 1.18. The summed E-state index contributed by atoms with van der Waals surface area (Å²) < 4.78 is 6.03. The summed E-state index contributed by atoms with van der Waals surface area (Å²) in [5.74, 6) is -0.0544. The van der Waals surface area contributed by atoms with E-state index in [2.05, 4.69) is 11.1 Å². The normalized spacial score (nSPS) is 17.1. The molecule has 1 unspecified atom stereocenters. The SMILES string of the molecule is O=C1c2ccccc2C(=O)N1OC1CCCc2cc(OCc3ccc4ccccc4n3)ccc21. The van der Waals surface area contributed by atoms with Crippen molar-refractivity contribution >= 4 is 22.7 Å². The standard InChI is InChI=1S/C28H22N2O4/c31-27-23-8-2-3-9-24(23)28(32)30(27)34-26-11-5-7-19-16-21(14-15-22(19)26)33-17-20-13-12-18-6-1-4-10-25(18)29-20/h1-4,6,8-10,12-16,26H,5,7,11,17H2. The van der Waals surface area contributed by atoms with E-state index >= 15 is 0 Å². The predicted molar refractivity (Wildman–Crippen MR) is 126 cm³/mol. The number of hydrogen-bond acceptors (Lipinski definition) is 5. The van der Waals surface area contributed by atoms with Crippen LogP contribution >= 0.6 is 0 Å². The molecular weight excluding hydrogens is 428 g/mol. The molecule has 3 aromatic carbocycles. The fourth-order valence-electron chi connectivity index (χ4n) is 4.68. The van der Waals surface area contributed by atoms with Gasteiger partial charge >= 0.3 is 0 Å². The van der Waals surface area contributed by atoms with E-state index in [0.29, 0.717) is 17.7 Å². The zero-order valence-electron chi connectivity index (χ0n) is 18.4. The van der Waals surface area contributed by atoms with Crippen LogP contribution in [0, 0.1) is 0 Å². The number of ether oxygens (including phenoxy) is 1. The maximum absolute atomic E-state index is 12.7. The smallest absolute Gasteiger partial charge is 0.285 e. The molecule has 1 aromatic heterocycles. The van der Waals surface area contributed by atoms with Crippen LogP contribution in [0.5, 0.6) is 5.75 Å². The van der Waals surface area contributed by atoms with Crippen LogP contribution in [-0.2, 0) is 17.9 Å². The molecule has 2 amide bonds. The molecule has 2 aliphatic rings. The molecule has 0 fully saturated rings. The lowest BCUT2D eigenvalue weighted by atomic mass is 9.89. The molecule has 168 valence electrons. The van der Waals surface area contributed by atoms with Gasteiger partial charge in [-0.1, -0.05) is 42.5 Å². The summed E-state index contributed by atoms with van der Waals surface area (Å²) in [6.45, 7) is 0.374. The number of amides is 2. The van der Waals surface area contributed by atoms with Gasteiger partial charge in [0.2, 0.25) is 0 Å². The Labute approximate surface area is 196 Å². The Kier molecular flexibility index (Phi) is 5.08. The molecule has 0 spiro atoms. The summed E-state index contributed by atoms with van der Waals surface area (Å²) in [6.07, 6.45) is 2.17. The van der Waals surface area contributed by atoms with Gasteiger partial charge in [-0.3, -0.25) is 14.4 Å². The Morgan fingerprint density at radius 1 is 0.882 bits per heavy atom. The number of benzene rings is 3. The van der Waals surface area contributed by atoms with Crippen molar-refractivity contribution in [3.8, 4) is 5.75 Å². The molecule has 6 nitrogen and oxygen atoms in total.